The maximum atomic E-state index is 4.59. The van der Waals surface area contributed by atoms with Gasteiger partial charge in [0.05, 0.1) is 0 Å². The Morgan fingerprint density at radius 1 is 0.324 bits per heavy atom. The molecule has 0 aliphatic heterocycles. The van der Waals surface area contributed by atoms with Crippen molar-refractivity contribution in [3.8, 4) is 0 Å². The van der Waals surface area contributed by atoms with Gasteiger partial charge in [-0.05, 0) is 0 Å². The number of fused-ring (bicyclic) bond motifs is 2. The van der Waals surface area contributed by atoms with Crippen molar-refractivity contribution in [3.05, 3.63) is 146 Å². The molecule has 0 saturated heterocycles. The molecular formula is C32H24BrP. The van der Waals surface area contributed by atoms with Gasteiger partial charge in [0.2, 0.25) is 0 Å². The van der Waals surface area contributed by atoms with Crippen LogP contribution in [-0.4, -0.2) is 0 Å². The van der Waals surface area contributed by atoms with Crippen LogP contribution >= 0.6 is 20.8 Å². The Balaban J connectivity index is 1.78. The third-order valence-electron chi connectivity index (χ3n) is 6.90. The summed E-state index contributed by atoms with van der Waals surface area (Å²) in [4.78, 5) is 0. The summed E-state index contributed by atoms with van der Waals surface area (Å²) in [5.41, 5.74) is 0. The second-order valence-corrected chi connectivity index (χ2v) is 17.1. The van der Waals surface area contributed by atoms with E-state index in [4.69, 9.17) is 0 Å². The standard InChI is InChI=1S/C32H24BrP/c33-34(29-14-4-1-5-15-29,30-16-6-2-7-17-30,31-18-8-3-9-19-31)32-21-20-27-22-25-12-10-11-13-26(25)23-28(27)24-32/h1-24H. The van der Waals surface area contributed by atoms with Gasteiger partial charge in [-0.2, -0.15) is 0 Å². The first-order chi connectivity index (χ1) is 16.7. The predicted octanol–water partition coefficient (Wildman–Crippen LogP) is 7.46. The molecule has 0 nitrogen and oxygen atoms in total. The van der Waals surface area contributed by atoms with E-state index < -0.39 is 5.31 Å². The van der Waals surface area contributed by atoms with Crippen LogP contribution in [0.25, 0.3) is 21.5 Å². The van der Waals surface area contributed by atoms with Crippen molar-refractivity contribution in [2.45, 2.75) is 0 Å². The first-order valence-electron chi connectivity index (χ1n) is 11.5. The molecule has 6 aromatic carbocycles. The van der Waals surface area contributed by atoms with E-state index in [9.17, 15) is 0 Å². The third-order valence-corrected chi connectivity index (χ3v) is 16.9. The van der Waals surface area contributed by atoms with Crippen molar-refractivity contribution in [2.75, 3.05) is 0 Å². The number of hydrogen-bond donors (Lipinski definition) is 0. The summed E-state index contributed by atoms with van der Waals surface area (Å²) in [6.45, 7) is 0. The topological polar surface area (TPSA) is 0 Å². The summed E-state index contributed by atoms with van der Waals surface area (Å²) in [5.74, 6) is 0. The second kappa shape index (κ2) is 8.20. The van der Waals surface area contributed by atoms with Crippen LogP contribution in [0, 0.1) is 0 Å². The minimum absolute atomic E-state index is 1.26. The van der Waals surface area contributed by atoms with Crippen LogP contribution in [0.15, 0.2) is 146 Å². The van der Waals surface area contributed by atoms with Gasteiger partial charge in [0.1, 0.15) is 0 Å². The molecule has 0 amide bonds. The molecule has 0 aliphatic carbocycles. The Morgan fingerprint density at radius 3 is 1.18 bits per heavy atom. The zero-order chi connectivity index (χ0) is 23.0. The van der Waals surface area contributed by atoms with Crippen molar-refractivity contribution >= 4 is 63.6 Å². The first-order valence-corrected chi connectivity index (χ1v) is 15.8. The van der Waals surface area contributed by atoms with E-state index in [2.05, 4.69) is 161 Å². The number of halogens is 1. The average Bonchev–Trinajstić information content (AvgIpc) is 2.92. The van der Waals surface area contributed by atoms with Gasteiger partial charge < -0.3 is 0 Å². The van der Waals surface area contributed by atoms with E-state index in [1.807, 2.05) is 0 Å². The van der Waals surface area contributed by atoms with Gasteiger partial charge in [0.15, 0.2) is 0 Å². The van der Waals surface area contributed by atoms with Crippen LogP contribution in [0.3, 0.4) is 0 Å². The summed E-state index contributed by atoms with van der Waals surface area (Å²) in [5, 5.41) is 7.05. The van der Waals surface area contributed by atoms with Gasteiger partial charge in [-0.25, -0.2) is 0 Å². The van der Waals surface area contributed by atoms with Crippen LogP contribution in [0.1, 0.15) is 0 Å². The zero-order valence-corrected chi connectivity index (χ0v) is 21.2. The molecule has 0 unspecified atom stereocenters. The van der Waals surface area contributed by atoms with Crippen molar-refractivity contribution in [1.82, 2.24) is 0 Å². The molecule has 6 aromatic rings. The van der Waals surface area contributed by atoms with Gasteiger partial charge in [0.25, 0.3) is 0 Å². The minimum atomic E-state index is -3.20. The molecule has 164 valence electrons. The maximum absolute atomic E-state index is 4.59. The molecule has 0 fully saturated rings. The summed E-state index contributed by atoms with van der Waals surface area (Å²) >= 11 is 4.59. The monoisotopic (exact) mass is 518 g/mol. The van der Waals surface area contributed by atoms with E-state index >= 15 is 0 Å². The predicted molar refractivity (Wildman–Crippen MR) is 155 cm³/mol. The molecule has 2 heteroatoms. The van der Waals surface area contributed by atoms with Gasteiger partial charge >= 0.3 is 209 Å². The summed E-state index contributed by atoms with van der Waals surface area (Å²) in [6.07, 6.45) is 0. The fourth-order valence-electron chi connectivity index (χ4n) is 5.21. The molecule has 0 aromatic heterocycles. The Morgan fingerprint density at radius 2 is 0.706 bits per heavy atom. The average molecular weight is 519 g/mol. The van der Waals surface area contributed by atoms with Crippen LogP contribution in [-0.2, 0) is 0 Å². The van der Waals surface area contributed by atoms with Crippen LogP contribution in [0.2, 0.25) is 0 Å². The Labute approximate surface area is 208 Å². The Bertz CT molecular complexity index is 1510. The molecule has 0 bridgehead atoms. The summed E-state index contributed by atoms with van der Waals surface area (Å²) in [6, 6.07) is 53.1. The van der Waals surface area contributed by atoms with Gasteiger partial charge in [-0.1, -0.05) is 0 Å². The molecule has 0 heterocycles. The van der Waals surface area contributed by atoms with Crippen molar-refractivity contribution in [3.63, 3.8) is 0 Å². The molecule has 34 heavy (non-hydrogen) atoms. The SMILES string of the molecule is BrP(c1ccccc1)(c1ccccc1)(c1ccccc1)c1ccc2cc3ccccc3cc2c1. The first kappa shape index (κ1) is 21.3. The van der Waals surface area contributed by atoms with E-state index in [0.29, 0.717) is 0 Å². The van der Waals surface area contributed by atoms with Gasteiger partial charge in [-0.15, -0.1) is 0 Å². The molecule has 0 saturated carbocycles. The fourth-order valence-corrected chi connectivity index (χ4v) is 12.7. The van der Waals surface area contributed by atoms with Gasteiger partial charge in [-0.3, -0.25) is 0 Å². The zero-order valence-electron chi connectivity index (χ0n) is 18.7. The molecule has 6 rings (SSSR count). The summed E-state index contributed by atoms with van der Waals surface area (Å²) < 4.78 is 0. The van der Waals surface area contributed by atoms with Crippen molar-refractivity contribution in [1.29, 1.82) is 0 Å². The van der Waals surface area contributed by atoms with Crippen LogP contribution < -0.4 is 21.2 Å². The normalized spacial score (nSPS) is 12.9. The number of benzene rings is 6. The molecule has 0 spiro atoms. The fraction of sp³-hybridized carbons (Fsp3) is 0. The molecular weight excluding hydrogens is 495 g/mol. The van der Waals surface area contributed by atoms with E-state index in [0.717, 1.165) is 0 Å². The quantitative estimate of drug-likeness (QED) is 0.168. The number of hydrogen-bond acceptors (Lipinski definition) is 0. The molecule has 0 aliphatic rings. The summed E-state index contributed by atoms with van der Waals surface area (Å²) in [7, 11) is 0. The van der Waals surface area contributed by atoms with Crippen LogP contribution in [0.4, 0.5) is 0 Å². The molecule has 0 N–H and O–H groups in total. The number of rotatable bonds is 4. The third kappa shape index (κ3) is 3.08. The second-order valence-electron chi connectivity index (χ2n) is 8.75. The van der Waals surface area contributed by atoms with Crippen molar-refractivity contribution < 1.29 is 0 Å². The van der Waals surface area contributed by atoms with Crippen LogP contribution in [0.5, 0.6) is 0 Å². The van der Waals surface area contributed by atoms with Crippen molar-refractivity contribution in [2.24, 2.45) is 0 Å². The molecule has 0 radical (unpaired) electrons. The Hall–Kier alpha value is -3.25. The Kier molecular flexibility index (Phi) is 5.14. The van der Waals surface area contributed by atoms with E-state index in [1.165, 1.54) is 42.8 Å². The van der Waals surface area contributed by atoms with E-state index in [-0.39, 0.29) is 0 Å². The van der Waals surface area contributed by atoms with Gasteiger partial charge in [0, 0.05) is 0 Å². The molecule has 0 atom stereocenters. The van der Waals surface area contributed by atoms with E-state index in [1.54, 1.807) is 0 Å².